The molecule has 1 saturated heterocycles. The minimum absolute atomic E-state index is 0.0563. The number of aryl methyl sites for hydroxylation is 1. The van der Waals surface area contributed by atoms with Crippen molar-refractivity contribution >= 4 is 17.8 Å². The predicted molar refractivity (Wildman–Crippen MR) is 97.0 cm³/mol. The summed E-state index contributed by atoms with van der Waals surface area (Å²) in [6.45, 7) is 13.3. The van der Waals surface area contributed by atoms with E-state index in [0.29, 0.717) is 0 Å². The quantitative estimate of drug-likeness (QED) is 0.882. The second-order valence-electron chi connectivity index (χ2n) is 7.74. The first-order chi connectivity index (χ1) is 10.6. The second-order valence-corrected chi connectivity index (χ2v) is 9.42. The summed E-state index contributed by atoms with van der Waals surface area (Å²) in [6, 6.07) is -0.163. The van der Waals surface area contributed by atoms with E-state index in [1.54, 1.807) is 0 Å². The van der Waals surface area contributed by atoms with Crippen molar-refractivity contribution in [2.75, 3.05) is 12.3 Å². The zero-order valence-electron chi connectivity index (χ0n) is 15.2. The molecule has 1 aliphatic rings. The summed E-state index contributed by atoms with van der Waals surface area (Å²) in [6.07, 6.45) is 4.45. The van der Waals surface area contributed by atoms with E-state index in [9.17, 15) is 4.79 Å². The van der Waals surface area contributed by atoms with E-state index >= 15 is 0 Å². The fourth-order valence-electron chi connectivity index (χ4n) is 2.81. The Morgan fingerprint density at radius 1 is 1.52 bits per heavy atom. The first kappa shape index (κ1) is 18.2. The van der Waals surface area contributed by atoms with Crippen molar-refractivity contribution in [2.45, 2.75) is 70.7 Å². The van der Waals surface area contributed by atoms with Crippen molar-refractivity contribution in [3.05, 3.63) is 17.5 Å². The number of carbonyl (C=O) groups excluding carboxylic acids is 1. The van der Waals surface area contributed by atoms with Crippen LogP contribution >= 0.6 is 11.8 Å². The number of rotatable bonds is 4. The van der Waals surface area contributed by atoms with Crippen LogP contribution in [-0.4, -0.2) is 32.9 Å². The summed E-state index contributed by atoms with van der Waals surface area (Å²) in [4.78, 5) is 12.2. The maximum atomic E-state index is 12.2. The van der Waals surface area contributed by atoms with E-state index in [2.05, 4.69) is 43.4 Å². The topological polar surface area (TPSA) is 59.0 Å². The van der Waals surface area contributed by atoms with Gasteiger partial charge in [0.1, 0.15) is 0 Å². The smallest absolute Gasteiger partial charge is 0.315 e. The number of aromatic nitrogens is 2. The van der Waals surface area contributed by atoms with E-state index in [1.807, 2.05) is 36.5 Å². The van der Waals surface area contributed by atoms with Gasteiger partial charge < -0.3 is 10.6 Å². The van der Waals surface area contributed by atoms with Crippen molar-refractivity contribution in [2.24, 2.45) is 0 Å². The molecule has 1 fully saturated rings. The summed E-state index contributed by atoms with van der Waals surface area (Å²) >= 11 is 1.95. The van der Waals surface area contributed by atoms with Crippen LogP contribution in [0.4, 0.5) is 4.79 Å². The lowest BCUT2D eigenvalue weighted by Gasteiger charge is -2.23. The molecule has 0 saturated carbocycles. The Balaban J connectivity index is 1.92. The third-order valence-electron chi connectivity index (χ3n) is 4.36. The number of amides is 2. The highest BCUT2D eigenvalue weighted by molar-refractivity contribution is 8.00. The third kappa shape index (κ3) is 4.66. The Hall–Kier alpha value is -1.17. The van der Waals surface area contributed by atoms with Gasteiger partial charge in [-0.1, -0.05) is 0 Å². The molecule has 1 aromatic heterocycles. The normalized spacial score (nSPS) is 22.9. The predicted octanol–water partition coefficient (Wildman–Crippen LogP) is 3.59. The summed E-state index contributed by atoms with van der Waals surface area (Å²) in [5.74, 6) is 1.20. The summed E-state index contributed by atoms with van der Waals surface area (Å²) in [7, 11) is 0. The van der Waals surface area contributed by atoms with Gasteiger partial charge in [0.15, 0.2) is 0 Å². The number of hydrogen-bond acceptors (Lipinski definition) is 3. The molecular formula is C17H30N4OS. The molecule has 0 unspecified atom stereocenters. The van der Waals surface area contributed by atoms with Crippen LogP contribution in [0, 0.1) is 6.92 Å². The van der Waals surface area contributed by atoms with Crippen molar-refractivity contribution in [1.82, 2.24) is 20.4 Å². The fraction of sp³-hybridized carbons (Fsp3) is 0.765. The highest BCUT2D eigenvalue weighted by Crippen LogP contribution is 2.36. The Morgan fingerprint density at radius 2 is 2.22 bits per heavy atom. The van der Waals surface area contributed by atoms with E-state index < -0.39 is 0 Å². The molecule has 0 bridgehead atoms. The maximum absolute atomic E-state index is 12.2. The van der Waals surface area contributed by atoms with Crippen LogP contribution in [-0.2, 0) is 5.54 Å². The molecule has 0 radical (unpaired) electrons. The van der Waals surface area contributed by atoms with Gasteiger partial charge in [-0.05, 0) is 60.1 Å². The average Bonchev–Trinajstić information content (AvgIpc) is 3.03. The summed E-state index contributed by atoms with van der Waals surface area (Å²) in [5, 5.41) is 10.6. The molecule has 6 heteroatoms. The zero-order chi connectivity index (χ0) is 17.3. The minimum Gasteiger partial charge on any atom is -0.337 e. The number of nitrogens with one attached hydrogen (secondary N) is 2. The van der Waals surface area contributed by atoms with Gasteiger partial charge >= 0.3 is 6.03 Å². The molecule has 2 rings (SSSR count). The Kier molecular flexibility index (Phi) is 5.33. The average molecular weight is 339 g/mol. The molecule has 23 heavy (non-hydrogen) atoms. The largest absolute Gasteiger partial charge is 0.337 e. The Labute approximate surface area is 144 Å². The number of hydrogen-bond donors (Lipinski definition) is 2. The van der Waals surface area contributed by atoms with E-state index in [1.165, 1.54) is 18.6 Å². The Bertz CT molecular complexity index is 555. The number of urea groups is 1. The van der Waals surface area contributed by atoms with Crippen molar-refractivity contribution in [3.8, 4) is 0 Å². The van der Waals surface area contributed by atoms with Gasteiger partial charge in [-0.3, -0.25) is 4.68 Å². The molecular weight excluding hydrogens is 308 g/mol. The van der Waals surface area contributed by atoms with Crippen LogP contribution in [0.15, 0.2) is 6.20 Å². The fourth-order valence-corrected chi connectivity index (χ4v) is 4.06. The van der Waals surface area contributed by atoms with Crippen molar-refractivity contribution < 1.29 is 4.79 Å². The van der Waals surface area contributed by atoms with Crippen LogP contribution in [0.1, 0.15) is 64.8 Å². The van der Waals surface area contributed by atoms with E-state index in [-0.39, 0.29) is 22.4 Å². The van der Waals surface area contributed by atoms with Crippen LogP contribution in [0.3, 0.4) is 0 Å². The number of carbonyl (C=O) groups is 1. The van der Waals surface area contributed by atoms with Crippen molar-refractivity contribution in [3.63, 3.8) is 0 Å². The third-order valence-corrected chi connectivity index (χ3v) is 5.90. The second kappa shape index (κ2) is 6.75. The van der Waals surface area contributed by atoms with Gasteiger partial charge in [0, 0.05) is 23.1 Å². The van der Waals surface area contributed by atoms with Crippen LogP contribution in [0.25, 0.3) is 0 Å². The van der Waals surface area contributed by atoms with Crippen molar-refractivity contribution in [1.29, 1.82) is 0 Å². The lowest BCUT2D eigenvalue weighted by molar-refractivity contribution is 0.237. The molecule has 0 aromatic carbocycles. The zero-order valence-corrected chi connectivity index (χ0v) is 16.0. The molecule has 1 aliphatic heterocycles. The van der Waals surface area contributed by atoms with Gasteiger partial charge in [-0.15, -0.1) is 0 Å². The van der Waals surface area contributed by atoms with Gasteiger partial charge in [-0.25, -0.2) is 4.79 Å². The molecule has 130 valence electrons. The molecule has 0 spiro atoms. The molecule has 5 nitrogen and oxygen atoms in total. The number of thioether (sulfide) groups is 1. The molecule has 2 N–H and O–H groups in total. The minimum atomic E-state index is -0.103. The standard InChI is InChI=1S/C17H30N4OS/c1-12(14-10-21(16(3,4)5)20-13(14)2)19-15(22)18-11-17(6)8-7-9-23-17/h10,12H,7-9,11H2,1-6H3,(H2,18,19,22)/t12-,17-/m0/s1. The van der Waals surface area contributed by atoms with Gasteiger partial charge in [0.05, 0.1) is 17.3 Å². The molecule has 1 aromatic rings. The lowest BCUT2D eigenvalue weighted by Crippen LogP contribution is -2.43. The molecule has 2 atom stereocenters. The summed E-state index contributed by atoms with van der Waals surface area (Å²) < 4.78 is 2.15. The van der Waals surface area contributed by atoms with E-state index in [0.717, 1.165) is 17.8 Å². The highest BCUT2D eigenvalue weighted by Gasteiger charge is 2.30. The molecule has 0 aliphatic carbocycles. The van der Waals surface area contributed by atoms with Gasteiger partial charge in [0.2, 0.25) is 0 Å². The molecule has 2 amide bonds. The van der Waals surface area contributed by atoms with Crippen LogP contribution in [0.5, 0.6) is 0 Å². The number of nitrogens with zero attached hydrogens (tertiary/aromatic N) is 2. The van der Waals surface area contributed by atoms with Crippen LogP contribution < -0.4 is 10.6 Å². The first-order valence-electron chi connectivity index (χ1n) is 8.36. The van der Waals surface area contributed by atoms with E-state index in [4.69, 9.17) is 0 Å². The highest BCUT2D eigenvalue weighted by atomic mass is 32.2. The first-order valence-corrected chi connectivity index (χ1v) is 9.34. The summed E-state index contributed by atoms with van der Waals surface area (Å²) in [5.41, 5.74) is 1.97. The lowest BCUT2D eigenvalue weighted by atomic mass is 10.1. The van der Waals surface area contributed by atoms with Gasteiger partial charge in [-0.2, -0.15) is 16.9 Å². The molecule has 2 heterocycles. The Morgan fingerprint density at radius 3 is 2.74 bits per heavy atom. The monoisotopic (exact) mass is 338 g/mol. The van der Waals surface area contributed by atoms with Crippen LogP contribution in [0.2, 0.25) is 0 Å². The maximum Gasteiger partial charge on any atom is 0.315 e. The van der Waals surface area contributed by atoms with Gasteiger partial charge in [0.25, 0.3) is 0 Å². The SMILES string of the molecule is Cc1nn(C(C)(C)C)cc1[C@H](C)NC(=O)NC[C@]1(C)CCCS1.